The number of furan rings is 1. The minimum atomic E-state index is -0.416. The fourth-order valence-corrected chi connectivity index (χ4v) is 4.84. The van der Waals surface area contributed by atoms with Crippen LogP contribution >= 0.6 is 34.5 Å². The second-order valence-electron chi connectivity index (χ2n) is 7.61. The number of anilines is 1. The van der Waals surface area contributed by atoms with Crippen LogP contribution in [0, 0.1) is 0 Å². The summed E-state index contributed by atoms with van der Waals surface area (Å²) in [5.41, 5.74) is 0.757. The van der Waals surface area contributed by atoms with Gasteiger partial charge in [-0.3, -0.25) is 9.59 Å². The van der Waals surface area contributed by atoms with Crippen molar-refractivity contribution in [2.45, 2.75) is 13.1 Å². The Morgan fingerprint density at radius 1 is 1.06 bits per heavy atom. The molecule has 0 atom stereocenters. The molecule has 0 unspecified atom stereocenters. The van der Waals surface area contributed by atoms with Crippen LogP contribution in [0.15, 0.2) is 88.4 Å². The third kappa shape index (κ3) is 4.95. The number of pyridine rings is 1. The Hall–Kier alpha value is -3.59. The molecule has 176 valence electrons. The van der Waals surface area contributed by atoms with Crippen LogP contribution in [-0.2, 0) is 13.1 Å². The number of aromatic nitrogens is 3. The van der Waals surface area contributed by atoms with E-state index in [1.807, 2.05) is 12.1 Å². The standard InChI is InChI=1S/C25H18Cl2N4O3S/c26-20-8-2-1-6-18(20)25(33)31-23(28-14-17-9-10-22(27)35-17)13-21(29-31)19-7-3-11-30(24(19)32)15-16-5-4-12-34-16/h1-13,28H,14-15H2. The summed E-state index contributed by atoms with van der Waals surface area (Å²) in [6, 6.07) is 19.2. The van der Waals surface area contributed by atoms with Gasteiger partial charge >= 0.3 is 0 Å². The van der Waals surface area contributed by atoms with Crippen LogP contribution in [0.25, 0.3) is 11.3 Å². The van der Waals surface area contributed by atoms with Gasteiger partial charge in [-0.1, -0.05) is 35.3 Å². The van der Waals surface area contributed by atoms with Gasteiger partial charge in [0, 0.05) is 17.1 Å². The first-order valence-electron chi connectivity index (χ1n) is 10.6. The molecule has 1 aromatic carbocycles. The normalized spacial score (nSPS) is 11.0. The lowest BCUT2D eigenvalue weighted by atomic mass is 10.2. The van der Waals surface area contributed by atoms with Gasteiger partial charge in [0.1, 0.15) is 17.3 Å². The number of carbonyl (C=O) groups is 1. The zero-order chi connectivity index (χ0) is 24.4. The van der Waals surface area contributed by atoms with Gasteiger partial charge in [0.05, 0.1) is 39.8 Å². The van der Waals surface area contributed by atoms with Gasteiger partial charge in [-0.2, -0.15) is 9.78 Å². The molecule has 0 bridgehead atoms. The van der Waals surface area contributed by atoms with E-state index in [4.69, 9.17) is 27.6 Å². The van der Waals surface area contributed by atoms with E-state index in [-0.39, 0.29) is 12.1 Å². The van der Waals surface area contributed by atoms with Crippen molar-refractivity contribution < 1.29 is 9.21 Å². The van der Waals surface area contributed by atoms with Crippen LogP contribution in [0.2, 0.25) is 9.36 Å². The zero-order valence-corrected chi connectivity index (χ0v) is 20.5. The summed E-state index contributed by atoms with van der Waals surface area (Å²) in [6.07, 6.45) is 3.24. The average Bonchev–Trinajstić information content (AvgIpc) is 3.60. The molecule has 5 rings (SSSR count). The summed E-state index contributed by atoms with van der Waals surface area (Å²) in [5, 5.41) is 8.05. The molecule has 5 aromatic rings. The lowest BCUT2D eigenvalue weighted by Gasteiger charge is -2.09. The van der Waals surface area contributed by atoms with Crippen molar-refractivity contribution in [3.05, 3.63) is 115 Å². The van der Waals surface area contributed by atoms with Crippen molar-refractivity contribution in [2.24, 2.45) is 0 Å². The first kappa shape index (κ1) is 23.2. The van der Waals surface area contributed by atoms with Gasteiger partial charge in [-0.15, -0.1) is 11.3 Å². The van der Waals surface area contributed by atoms with E-state index in [1.165, 1.54) is 20.6 Å². The van der Waals surface area contributed by atoms with Gasteiger partial charge in [0.15, 0.2) is 0 Å². The van der Waals surface area contributed by atoms with Crippen molar-refractivity contribution in [1.82, 2.24) is 14.3 Å². The molecule has 0 aliphatic rings. The lowest BCUT2D eigenvalue weighted by molar-refractivity contribution is 0.0948. The fourth-order valence-electron chi connectivity index (χ4n) is 3.59. The number of thiophene rings is 1. The number of halogens is 2. The third-order valence-electron chi connectivity index (χ3n) is 5.28. The molecule has 0 saturated heterocycles. The van der Waals surface area contributed by atoms with Gasteiger partial charge < -0.3 is 14.3 Å². The highest BCUT2D eigenvalue weighted by Gasteiger charge is 2.21. The van der Waals surface area contributed by atoms with Crippen molar-refractivity contribution in [1.29, 1.82) is 0 Å². The van der Waals surface area contributed by atoms with Gasteiger partial charge in [-0.25, -0.2) is 0 Å². The SMILES string of the molecule is O=C(c1ccccc1Cl)n1nc(-c2cccn(Cc3ccco3)c2=O)cc1NCc1ccc(Cl)s1. The Labute approximate surface area is 214 Å². The average molecular weight is 525 g/mol. The smallest absolute Gasteiger partial charge is 0.281 e. The maximum atomic E-state index is 13.4. The van der Waals surface area contributed by atoms with E-state index in [0.29, 0.717) is 44.3 Å². The number of nitrogens with one attached hydrogen (secondary N) is 1. The minimum Gasteiger partial charge on any atom is -0.467 e. The molecule has 0 radical (unpaired) electrons. The topological polar surface area (TPSA) is 82.1 Å². The van der Waals surface area contributed by atoms with Crippen LogP contribution in [0.1, 0.15) is 21.0 Å². The first-order chi connectivity index (χ1) is 17.0. The van der Waals surface area contributed by atoms with Crippen LogP contribution in [-0.4, -0.2) is 20.3 Å². The van der Waals surface area contributed by atoms with Crippen molar-refractivity contribution in [3.8, 4) is 11.3 Å². The Morgan fingerprint density at radius 3 is 2.66 bits per heavy atom. The lowest BCUT2D eigenvalue weighted by Crippen LogP contribution is -2.21. The van der Waals surface area contributed by atoms with Crippen LogP contribution in [0.4, 0.5) is 5.82 Å². The van der Waals surface area contributed by atoms with Crippen LogP contribution in [0.5, 0.6) is 0 Å². The first-order valence-corrected chi connectivity index (χ1v) is 12.2. The molecule has 35 heavy (non-hydrogen) atoms. The Morgan fingerprint density at radius 2 is 1.91 bits per heavy atom. The molecule has 7 nitrogen and oxygen atoms in total. The highest BCUT2D eigenvalue weighted by atomic mass is 35.5. The van der Waals surface area contributed by atoms with Gasteiger partial charge in [0.25, 0.3) is 11.5 Å². The van der Waals surface area contributed by atoms with Crippen molar-refractivity contribution in [2.75, 3.05) is 5.32 Å². The molecule has 0 fully saturated rings. The van der Waals surface area contributed by atoms with E-state index in [1.54, 1.807) is 67.1 Å². The monoisotopic (exact) mass is 524 g/mol. The molecule has 0 spiro atoms. The summed E-state index contributed by atoms with van der Waals surface area (Å²) < 4.78 is 8.81. The van der Waals surface area contributed by atoms with E-state index < -0.39 is 5.91 Å². The van der Waals surface area contributed by atoms with Crippen LogP contribution in [0.3, 0.4) is 0 Å². The zero-order valence-electron chi connectivity index (χ0n) is 18.2. The van der Waals surface area contributed by atoms with Crippen LogP contribution < -0.4 is 10.9 Å². The van der Waals surface area contributed by atoms with Gasteiger partial charge in [-0.05, 0) is 48.5 Å². The van der Waals surface area contributed by atoms with Crippen molar-refractivity contribution in [3.63, 3.8) is 0 Å². The molecular formula is C25H18Cl2N4O3S. The number of rotatable bonds is 7. The summed E-state index contributed by atoms with van der Waals surface area (Å²) in [6.45, 7) is 0.707. The largest absolute Gasteiger partial charge is 0.467 e. The second-order valence-corrected chi connectivity index (χ2v) is 9.81. The Bertz CT molecular complexity index is 1550. The predicted molar refractivity (Wildman–Crippen MR) is 138 cm³/mol. The molecular weight excluding hydrogens is 507 g/mol. The number of hydrogen-bond acceptors (Lipinski definition) is 6. The Balaban J connectivity index is 1.54. The Kier molecular flexibility index (Phi) is 6.59. The number of benzene rings is 1. The third-order valence-corrected chi connectivity index (χ3v) is 6.84. The summed E-state index contributed by atoms with van der Waals surface area (Å²) >= 11 is 13.8. The number of hydrogen-bond donors (Lipinski definition) is 1. The summed E-state index contributed by atoms with van der Waals surface area (Å²) in [4.78, 5) is 27.6. The summed E-state index contributed by atoms with van der Waals surface area (Å²) in [7, 11) is 0. The molecule has 10 heteroatoms. The van der Waals surface area contributed by atoms with Gasteiger partial charge in [0.2, 0.25) is 0 Å². The molecule has 0 amide bonds. The van der Waals surface area contributed by atoms with E-state index in [9.17, 15) is 9.59 Å². The molecule has 4 aromatic heterocycles. The maximum absolute atomic E-state index is 13.4. The maximum Gasteiger partial charge on any atom is 0.281 e. The summed E-state index contributed by atoms with van der Waals surface area (Å²) in [5.74, 6) is 0.663. The minimum absolute atomic E-state index is 0.254. The molecule has 0 saturated carbocycles. The molecule has 0 aliphatic heterocycles. The molecule has 0 aliphatic carbocycles. The second kappa shape index (κ2) is 9.95. The highest BCUT2D eigenvalue weighted by molar-refractivity contribution is 7.16. The number of carbonyl (C=O) groups excluding carboxylic acids is 1. The van der Waals surface area contributed by atoms with E-state index in [0.717, 1.165) is 4.88 Å². The van der Waals surface area contributed by atoms with E-state index in [2.05, 4.69) is 10.4 Å². The van der Waals surface area contributed by atoms with E-state index >= 15 is 0 Å². The quantitative estimate of drug-likeness (QED) is 0.281. The molecule has 4 heterocycles. The molecule has 1 N–H and O–H groups in total. The van der Waals surface area contributed by atoms with Crippen molar-refractivity contribution >= 4 is 46.3 Å². The number of nitrogens with zero attached hydrogens (tertiary/aromatic N) is 3. The fraction of sp³-hybridized carbons (Fsp3) is 0.0800. The predicted octanol–water partition coefficient (Wildman–Crippen LogP) is 6.02. The highest BCUT2D eigenvalue weighted by Crippen LogP contribution is 2.26.